The van der Waals surface area contributed by atoms with Gasteiger partial charge in [0.05, 0.1) is 5.02 Å². The van der Waals surface area contributed by atoms with Crippen molar-refractivity contribution in [2.45, 2.75) is 38.2 Å². The molecule has 2 aromatic rings. The van der Waals surface area contributed by atoms with Crippen LogP contribution in [0.2, 0.25) is 5.02 Å². The van der Waals surface area contributed by atoms with Crippen LogP contribution in [0.5, 0.6) is 0 Å². The largest absolute Gasteiger partial charge is 0.457 e. The van der Waals surface area contributed by atoms with E-state index in [9.17, 15) is 5.11 Å². The van der Waals surface area contributed by atoms with Gasteiger partial charge in [-0.05, 0) is 30.9 Å². The van der Waals surface area contributed by atoms with Crippen molar-refractivity contribution in [3.8, 4) is 0 Å². The first-order chi connectivity index (χ1) is 8.75. The monoisotopic (exact) mass is 264 g/mol. The van der Waals surface area contributed by atoms with Gasteiger partial charge in [-0.15, -0.1) is 0 Å². The summed E-state index contributed by atoms with van der Waals surface area (Å²) in [4.78, 5) is 0. The van der Waals surface area contributed by atoms with E-state index in [4.69, 9.17) is 16.0 Å². The third kappa shape index (κ3) is 2.15. The lowest BCUT2D eigenvalue weighted by atomic mass is 9.84. The Kier molecular flexibility index (Phi) is 3.31. The highest BCUT2D eigenvalue weighted by Gasteiger charge is 2.25. The van der Waals surface area contributed by atoms with Crippen molar-refractivity contribution in [2.24, 2.45) is 5.92 Å². The van der Waals surface area contributed by atoms with Crippen LogP contribution in [-0.4, -0.2) is 5.11 Å². The summed E-state index contributed by atoms with van der Waals surface area (Å²) < 4.78 is 5.73. The van der Waals surface area contributed by atoms with Crippen LogP contribution >= 0.6 is 11.6 Å². The second kappa shape index (κ2) is 4.94. The third-order valence-electron chi connectivity index (χ3n) is 3.90. The summed E-state index contributed by atoms with van der Waals surface area (Å²) in [5, 5.41) is 12.0. The molecule has 1 atom stereocenters. The maximum atomic E-state index is 10.4. The van der Waals surface area contributed by atoms with E-state index in [-0.39, 0.29) is 0 Å². The molecule has 0 aliphatic heterocycles. The Morgan fingerprint density at radius 1 is 1.22 bits per heavy atom. The lowest BCUT2D eigenvalue weighted by Gasteiger charge is -2.25. The Hall–Kier alpha value is -0.990. The number of furan rings is 1. The molecule has 3 heteroatoms. The van der Waals surface area contributed by atoms with Gasteiger partial charge in [0.25, 0.3) is 0 Å². The molecular weight excluding hydrogens is 248 g/mol. The second-order valence-electron chi connectivity index (χ2n) is 5.15. The molecule has 1 N–H and O–H groups in total. The zero-order valence-corrected chi connectivity index (χ0v) is 11.0. The fourth-order valence-corrected chi connectivity index (χ4v) is 3.10. The Bertz CT molecular complexity index is 540. The molecule has 1 aliphatic carbocycles. The minimum atomic E-state index is -0.492. The standard InChI is InChI=1S/C15H17ClO2/c16-12-8-4-7-11-9-13(18-15(11)12)14(17)10-5-2-1-3-6-10/h4,7-10,14,17H,1-3,5-6H2. The van der Waals surface area contributed by atoms with Crippen LogP contribution in [0, 0.1) is 5.92 Å². The van der Waals surface area contributed by atoms with Crippen LogP contribution in [0.1, 0.15) is 44.0 Å². The van der Waals surface area contributed by atoms with E-state index in [1.807, 2.05) is 24.3 Å². The highest BCUT2D eigenvalue weighted by Crippen LogP contribution is 2.37. The second-order valence-corrected chi connectivity index (χ2v) is 5.56. The third-order valence-corrected chi connectivity index (χ3v) is 4.20. The van der Waals surface area contributed by atoms with E-state index in [1.54, 1.807) is 0 Å². The maximum Gasteiger partial charge on any atom is 0.152 e. The van der Waals surface area contributed by atoms with Gasteiger partial charge in [-0.25, -0.2) is 0 Å². The molecule has 0 bridgehead atoms. The number of hydrogen-bond acceptors (Lipinski definition) is 2. The normalized spacial score (nSPS) is 19.2. The predicted molar refractivity (Wildman–Crippen MR) is 72.8 cm³/mol. The Morgan fingerprint density at radius 3 is 2.72 bits per heavy atom. The molecule has 1 fully saturated rings. The van der Waals surface area contributed by atoms with Crippen LogP contribution < -0.4 is 0 Å². The quantitative estimate of drug-likeness (QED) is 0.853. The summed E-state index contributed by atoms with van der Waals surface area (Å²) in [5.41, 5.74) is 0.684. The smallest absolute Gasteiger partial charge is 0.152 e. The summed E-state index contributed by atoms with van der Waals surface area (Å²) in [5.74, 6) is 0.989. The van der Waals surface area contributed by atoms with E-state index in [1.165, 1.54) is 19.3 Å². The molecular formula is C15H17ClO2. The van der Waals surface area contributed by atoms with Crippen LogP contribution in [0.15, 0.2) is 28.7 Å². The predicted octanol–water partition coefficient (Wildman–Crippen LogP) is 4.70. The summed E-state index contributed by atoms with van der Waals surface area (Å²) >= 11 is 6.09. The van der Waals surface area contributed by atoms with Gasteiger partial charge in [0.15, 0.2) is 5.58 Å². The number of aliphatic hydroxyl groups excluding tert-OH is 1. The zero-order valence-electron chi connectivity index (χ0n) is 10.2. The molecule has 0 saturated heterocycles. The molecule has 1 heterocycles. The van der Waals surface area contributed by atoms with Crippen molar-refractivity contribution < 1.29 is 9.52 Å². The van der Waals surface area contributed by atoms with Gasteiger partial charge >= 0.3 is 0 Å². The molecule has 18 heavy (non-hydrogen) atoms. The first-order valence-corrected chi connectivity index (χ1v) is 6.99. The van der Waals surface area contributed by atoms with Crippen LogP contribution in [0.25, 0.3) is 11.0 Å². The average molecular weight is 265 g/mol. The molecule has 2 nitrogen and oxygen atoms in total. The van der Waals surface area contributed by atoms with Gasteiger partial charge in [0, 0.05) is 5.39 Å². The molecule has 1 aliphatic rings. The Morgan fingerprint density at radius 2 is 2.00 bits per heavy atom. The zero-order chi connectivity index (χ0) is 12.5. The lowest BCUT2D eigenvalue weighted by molar-refractivity contribution is 0.0668. The van der Waals surface area contributed by atoms with Crippen molar-refractivity contribution >= 4 is 22.6 Å². The fourth-order valence-electron chi connectivity index (χ4n) is 2.88. The van der Waals surface area contributed by atoms with E-state index in [0.29, 0.717) is 22.3 Å². The van der Waals surface area contributed by atoms with Gasteiger partial charge in [-0.3, -0.25) is 0 Å². The Balaban J connectivity index is 1.91. The summed E-state index contributed by atoms with van der Waals surface area (Å²) in [6.07, 6.45) is 5.40. The van der Waals surface area contributed by atoms with Crippen LogP contribution in [0.3, 0.4) is 0 Å². The van der Waals surface area contributed by atoms with Crippen molar-refractivity contribution in [3.05, 3.63) is 35.0 Å². The average Bonchev–Trinajstić information content (AvgIpc) is 2.84. The van der Waals surface area contributed by atoms with Crippen molar-refractivity contribution in [1.82, 2.24) is 0 Å². The van der Waals surface area contributed by atoms with Crippen molar-refractivity contribution in [1.29, 1.82) is 0 Å². The number of rotatable bonds is 2. The summed E-state index contributed by atoms with van der Waals surface area (Å²) in [7, 11) is 0. The summed E-state index contributed by atoms with van der Waals surface area (Å²) in [6, 6.07) is 7.59. The van der Waals surface area contributed by atoms with Gasteiger partial charge < -0.3 is 9.52 Å². The van der Waals surface area contributed by atoms with E-state index < -0.39 is 6.10 Å². The van der Waals surface area contributed by atoms with Gasteiger partial charge in [0.2, 0.25) is 0 Å². The lowest BCUT2D eigenvalue weighted by Crippen LogP contribution is -2.15. The highest BCUT2D eigenvalue weighted by molar-refractivity contribution is 6.34. The molecule has 96 valence electrons. The van der Waals surface area contributed by atoms with Gasteiger partial charge in [-0.2, -0.15) is 0 Å². The molecule has 3 rings (SSSR count). The highest BCUT2D eigenvalue weighted by atomic mass is 35.5. The van der Waals surface area contributed by atoms with E-state index in [0.717, 1.165) is 18.2 Å². The van der Waals surface area contributed by atoms with Crippen molar-refractivity contribution in [2.75, 3.05) is 0 Å². The number of halogens is 1. The van der Waals surface area contributed by atoms with Crippen molar-refractivity contribution in [3.63, 3.8) is 0 Å². The molecule has 1 aromatic carbocycles. The number of aliphatic hydroxyl groups is 1. The van der Waals surface area contributed by atoms with Gasteiger partial charge in [0.1, 0.15) is 11.9 Å². The molecule has 0 amide bonds. The minimum Gasteiger partial charge on any atom is -0.457 e. The summed E-state index contributed by atoms with van der Waals surface area (Å²) in [6.45, 7) is 0. The van der Waals surface area contributed by atoms with E-state index in [2.05, 4.69) is 0 Å². The topological polar surface area (TPSA) is 33.4 Å². The fraction of sp³-hybridized carbons (Fsp3) is 0.467. The molecule has 1 unspecified atom stereocenters. The minimum absolute atomic E-state index is 0.332. The van der Waals surface area contributed by atoms with Crippen LogP contribution in [-0.2, 0) is 0 Å². The number of para-hydroxylation sites is 1. The maximum absolute atomic E-state index is 10.4. The first kappa shape index (κ1) is 12.1. The van der Waals surface area contributed by atoms with Gasteiger partial charge in [-0.1, -0.05) is 43.0 Å². The number of benzene rings is 1. The SMILES string of the molecule is OC(c1cc2cccc(Cl)c2o1)C1CCCCC1. The molecule has 0 radical (unpaired) electrons. The molecule has 1 saturated carbocycles. The number of hydrogen-bond donors (Lipinski definition) is 1. The molecule has 0 spiro atoms. The first-order valence-electron chi connectivity index (χ1n) is 6.62. The van der Waals surface area contributed by atoms with Crippen LogP contribution in [0.4, 0.5) is 0 Å². The number of fused-ring (bicyclic) bond motifs is 1. The van der Waals surface area contributed by atoms with E-state index >= 15 is 0 Å². The molecule has 1 aromatic heterocycles. The Labute approximate surface area is 112 Å².